The van der Waals surface area contributed by atoms with Crippen molar-refractivity contribution in [3.05, 3.63) is 41.9 Å². The van der Waals surface area contributed by atoms with Gasteiger partial charge in [-0.2, -0.15) is 0 Å². The SMILES string of the molecule is CCc1ncc(NCCN)c(-c2ccccc2C)n1. The maximum Gasteiger partial charge on any atom is 0.128 e. The molecule has 100 valence electrons. The third-order valence-corrected chi connectivity index (χ3v) is 3.01. The van der Waals surface area contributed by atoms with Gasteiger partial charge < -0.3 is 11.1 Å². The van der Waals surface area contributed by atoms with Crippen LogP contribution >= 0.6 is 0 Å². The highest BCUT2D eigenvalue weighted by molar-refractivity contribution is 5.75. The molecule has 3 N–H and O–H groups in total. The van der Waals surface area contributed by atoms with Gasteiger partial charge in [0.1, 0.15) is 5.82 Å². The summed E-state index contributed by atoms with van der Waals surface area (Å²) in [5.41, 5.74) is 9.79. The summed E-state index contributed by atoms with van der Waals surface area (Å²) in [6, 6.07) is 8.25. The van der Waals surface area contributed by atoms with E-state index < -0.39 is 0 Å². The van der Waals surface area contributed by atoms with Crippen LogP contribution in [0.4, 0.5) is 5.69 Å². The molecule has 19 heavy (non-hydrogen) atoms. The van der Waals surface area contributed by atoms with Crippen molar-refractivity contribution >= 4 is 5.69 Å². The molecule has 0 saturated carbocycles. The van der Waals surface area contributed by atoms with Crippen LogP contribution in [0.2, 0.25) is 0 Å². The van der Waals surface area contributed by atoms with E-state index in [1.165, 1.54) is 5.56 Å². The summed E-state index contributed by atoms with van der Waals surface area (Å²) >= 11 is 0. The smallest absolute Gasteiger partial charge is 0.128 e. The lowest BCUT2D eigenvalue weighted by Crippen LogP contribution is -2.14. The third kappa shape index (κ3) is 3.09. The highest BCUT2D eigenvalue weighted by Gasteiger charge is 2.10. The predicted octanol–water partition coefficient (Wildman–Crippen LogP) is 2.39. The van der Waals surface area contributed by atoms with Gasteiger partial charge in [-0.05, 0) is 12.5 Å². The van der Waals surface area contributed by atoms with Gasteiger partial charge in [0.2, 0.25) is 0 Å². The average Bonchev–Trinajstić information content (AvgIpc) is 2.45. The van der Waals surface area contributed by atoms with Gasteiger partial charge >= 0.3 is 0 Å². The molecule has 0 fully saturated rings. The third-order valence-electron chi connectivity index (χ3n) is 3.01. The van der Waals surface area contributed by atoms with Crippen molar-refractivity contribution in [2.75, 3.05) is 18.4 Å². The maximum absolute atomic E-state index is 5.55. The highest BCUT2D eigenvalue weighted by atomic mass is 15.0. The monoisotopic (exact) mass is 256 g/mol. The van der Waals surface area contributed by atoms with Gasteiger partial charge in [0.05, 0.1) is 17.6 Å². The van der Waals surface area contributed by atoms with Crippen molar-refractivity contribution in [3.8, 4) is 11.3 Å². The lowest BCUT2D eigenvalue weighted by Gasteiger charge is -2.13. The molecule has 0 aliphatic carbocycles. The zero-order chi connectivity index (χ0) is 13.7. The summed E-state index contributed by atoms with van der Waals surface area (Å²) in [7, 11) is 0. The van der Waals surface area contributed by atoms with Crippen molar-refractivity contribution in [3.63, 3.8) is 0 Å². The van der Waals surface area contributed by atoms with Gasteiger partial charge in [-0.15, -0.1) is 0 Å². The van der Waals surface area contributed by atoms with E-state index in [0.29, 0.717) is 13.1 Å². The number of nitrogens with two attached hydrogens (primary N) is 1. The Balaban J connectivity index is 2.49. The molecular weight excluding hydrogens is 236 g/mol. The van der Waals surface area contributed by atoms with Crippen LogP contribution in [0.5, 0.6) is 0 Å². The van der Waals surface area contributed by atoms with Gasteiger partial charge in [-0.3, -0.25) is 0 Å². The second-order valence-corrected chi connectivity index (χ2v) is 4.43. The zero-order valence-corrected chi connectivity index (χ0v) is 11.5. The second-order valence-electron chi connectivity index (χ2n) is 4.43. The molecule has 0 atom stereocenters. The number of benzene rings is 1. The summed E-state index contributed by atoms with van der Waals surface area (Å²) in [4.78, 5) is 9.01. The molecule has 0 amide bonds. The van der Waals surface area contributed by atoms with Crippen LogP contribution in [-0.4, -0.2) is 23.1 Å². The molecule has 0 aliphatic rings. The first-order chi connectivity index (χ1) is 9.26. The summed E-state index contributed by atoms with van der Waals surface area (Å²) in [6.07, 6.45) is 2.68. The van der Waals surface area contributed by atoms with Crippen LogP contribution in [-0.2, 0) is 6.42 Å². The lowest BCUT2D eigenvalue weighted by molar-refractivity contribution is 0.936. The first kappa shape index (κ1) is 13.5. The standard InChI is InChI=1S/C15H20N4/c1-3-14-18-10-13(17-9-8-16)15(19-14)12-7-5-4-6-11(12)2/h4-7,10,17H,3,8-9,16H2,1-2H3. The molecule has 0 radical (unpaired) electrons. The molecule has 4 heteroatoms. The molecule has 4 nitrogen and oxygen atoms in total. The second kappa shape index (κ2) is 6.29. The van der Waals surface area contributed by atoms with E-state index in [2.05, 4.69) is 41.3 Å². The van der Waals surface area contributed by atoms with Gasteiger partial charge in [-0.25, -0.2) is 9.97 Å². The normalized spacial score (nSPS) is 10.5. The molecule has 1 aromatic carbocycles. The van der Waals surface area contributed by atoms with Crippen LogP contribution in [0, 0.1) is 6.92 Å². The summed E-state index contributed by atoms with van der Waals surface area (Å²) in [5, 5.41) is 3.29. The fourth-order valence-electron chi connectivity index (χ4n) is 1.97. The summed E-state index contributed by atoms with van der Waals surface area (Å²) < 4.78 is 0. The van der Waals surface area contributed by atoms with Crippen LogP contribution in [0.15, 0.2) is 30.5 Å². The molecule has 0 unspecified atom stereocenters. The zero-order valence-electron chi connectivity index (χ0n) is 11.5. The Bertz CT molecular complexity index is 552. The van der Waals surface area contributed by atoms with E-state index in [1.54, 1.807) is 0 Å². The average molecular weight is 256 g/mol. The number of hydrogen-bond donors (Lipinski definition) is 2. The number of nitrogens with zero attached hydrogens (tertiary/aromatic N) is 2. The van der Waals surface area contributed by atoms with Gasteiger partial charge in [-0.1, -0.05) is 31.2 Å². The number of hydrogen-bond acceptors (Lipinski definition) is 4. The van der Waals surface area contributed by atoms with Crippen molar-refractivity contribution < 1.29 is 0 Å². The summed E-state index contributed by atoms with van der Waals surface area (Å²) in [5.74, 6) is 0.858. The first-order valence-electron chi connectivity index (χ1n) is 6.62. The Morgan fingerprint density at radius 3 is 2.74 bits per heavy atom. The Labute approximate surface area is 114 Å². The quantitative estimate of drug-likeness (QED) is 0.862. The van der Waals surface area contributed by atoms with Crippen LogP contribution < -0.4 is 11.1 Å². The molecular formula is C15H20N4. The van der Waals surface area contributed by atoms with Crippen molar-refractivity contribution in [1.29, 1.82) is 0 Å². The number of rotatable bonds is 5. The molecule has 0 spiro atoms. The predicted molar refractivity (Wildman–Crippen MR) is 79.1 cm³/mol. The van der Waals surface area contributed by atoms with Crippen LogP contribution in [0.3, 0.4) is 0 Å². The fraction of sp³-hybridized carbons (Fsp3) is 0.333. The molecule has 2 rings (SSSR count). The van der Waals surface area contributed by atoms with E-state index in [4.69, 9.17) is 5.73 Å². The summed E-state index contributed by atoms with van der Waals surface area (Å²) in [6.45, 7) is 5.45. The Hall–Kier alpha value is -1.94. The van der Waals surface area contributed by atoms with Crippen molar-refractivity contribution in [1.82, 2.24) is 9.97 Å². The lowest BCUT2D eigenvalue weighted by atomic mass is 10.0. The van der Waals surface area contributed by atoms with E-state index >= 15 is 0 Å². The molecule has 0 aliphatic heterocycles. The van der Waals surface area contributed by atoms with Crippen molar-refractivity contribution in [2.24, 2.45) is 5.73 Å². The Kier molecular flexibility index (Phi) is 4.47. The minimum atomic E-state index is 0.586. The Morgan fingerprint density at radius 2 is 2.05 bits per heavy atom. The topological polar surface area (TPSA) is 63.8 Å². The number of aryl methyl sites for hydroxylation is 2. The van der Waals surface area contributed by atoms with Crippen LogP contribution in [0.25, 0.3) is 11.3 Å². The van der Waals surface area contributed by atoms with Gasteiger partial charge in [0, 0.05) is 25.1 Å². The van der Waals surface area contributed by atoms with E-state index in [9.17, 15) is 0 Å². The first-order valence-corrected chi connectivity index (χ1v) is 6.62. The number of nitrogens with one attached hydrogen (secondary N) is 1. The number of anilines is 1. The van der Waals surface area contributed by atoms with Crippen LogP contribution in [0.1, 0.15) is 18.3 Å². The molecule has 1 aromatic heterocycles. The van der Waals surface area contributed by atoms with E-state index in [0.717, 1.165) is 29.2 Å². The minimum Gasteiger partial charge on any atom is -0.381 e. The number of aromatic nitrogens is 2. The Morgan fingerprint density at radius 1 is 1.26 bits per heavy atom. The van der Waals surface area contributed by atoms with Gasteiger partial charge in [0.15, 0.2) is 0 Å². The fourth-order valence-corrected chi connectivity index (χ4v) is 1.97. The van der Waals surface area contributed by atoms with Crippen molar-refractivity contribution in [2.45, 2.75) is 20.3 Å². The highest BCUT2D eigenvalue weighted by Crippen LogP contribution is 2.28. The van der Waals surface area contributed by atoms with E-state index in [1.807, 2.05) is 18.3 Å². The molecule has 1 heterocycles. The minimum absolute atomic E-state index is 0.586. The van der Waals surface area contributed by atoms with E-state index in [-0.39, 0.29) is 0 Å². The molecule has 0 saturated heterocycles. The van der Waals surface area contributed by atoms with Gasteiger partial charge in [0.25, 0.3) is 0 Å². The molecule has 0 bridgehead atoms. The molecule has 2 aromatic rings. The maximum atomic E-state index is 5.55. The largest absolute Gasteiger partial charge is 0.381 e.